The molecule has 2 N–H and O–H groups in total. The van der Waals surface area contributed by atoms with E-state index in [9.17, 15) is 14.4 Å². The van der Waals surface area contributed by atoms with Gasteiger partial charge in [0.25, 0.3) is 5.91 Å². The molecule has 0 aliphatic carbocycles. The van der Waals surface area contributed by atoms with Crippen molar-refractivity contribution in [3.05, 3.63) is 48.0 Å². The van der Waals surface area contributed by atoms with Crippen molar-refractivity contribution in [2.45, 2.75) is 32.2 Å². The Hall–Kier alpha value is -3.35. The number of fused-ring (bicyclic) bond motifs is 2. The lowest BCUT2D eigenvalue weighted by Gasteiger charge is -2.29. The van der Waals surface area contributed by atoms with Gasteiger partial charge in [0.05, 0.1) is 5.69 Å². The fraction of sp³-hybridized carbons (Fsp3) is 0.286. The van der Waals surface area contributed by atoms with Crippen molar-refractivity contribution in [2.75, 3.05) is 22.1 Å². The summed E-state index contributed by atoms with van der Waals surface area (Å²) in [7, 11) is 0. The SMILES string of the molecule is CC(C(=O)Nc1ccc2c(c1)OCC(=O)N2)N1C(=O)CCCc2ccccc21. The Kier molecular flexibility index (Phi) is 4.73. The summed E-state index contributed by atoms with van der Waals surface area (Å²) in [5, 5.41) is 5.56. The minimum absolute atomic E-state index is 0.0518. The molecule has 0 radical (unpaired) electrons. The predicted octanol–water partition coefficient (Wildman–Crippen LogP) is 2.71. The van der Waals surface area contributed by atoms with Crippen molar-refractivity contribution in [3.63, 3.8) is 0 Å². The molecule has 1 atom stereocenters. The van der Waals surface area contributed by atoms with Gasteiger partial charge in [-0.3, -0.25) is 19.3 Å². The first-order chi connectivity index (χ1) is 13.5. The van der Waals surface area contributed by atoms with Crippen LogP contribution in [0.15, 0.2) is 42.5 Å². The van der Waals surface area contributed by atoms with Crippen LogP contribution in [0.5, 0.6) is 5.75 Å². The summed E-state index contributed by atoms with van der Waals surface area (Å²) < 4.78 is 5.39. The molecule has 7 nitrogen and oxygen atoms in total. The Morgan fingerprint density at radius 1 is 1.18 bits per heavy atom. The highest BCUT2D eigenvalue weighted by Crippen LogP contribution is 2.32. The first-order valence-electron chi connectivity index (χ1n) is 9.30. The lowest BCUT2D eigenvalue weighted by molar-refractivity contribution is -0.123. The van der Waals surface area contributed by atoms with Gasteiger partial charge in [-0.1, -0.05) is 18.2 Å². The van der Waals surface area contributed by atoms with Crippen LogP contribution in [0.2, 0.25) is 0 Å². The summed E-state index contributed by atoms with van der Waals surface area (Å²) >= 11 is 0. The number of para-hydroxylation sites is 1. The molecule has 2 aliphatic rings. The maximum absolute atomic E-state index is 12.9. The zero-order chi connectivity index (χ0) is 19.7. The highest BCUT2D eigenvalue weighted by Gasteiger charge is 2.30. The van der Waals surface area contributed by atoms with Crippen LogP contribution in [0.4, 0.5) is 17.1 Å². The smallest absolute Gasteiger partial charge is 0.262 e. The Labute approximate surface area is 162 Å². The van der Waals surface area contributed by atoms with Crippen LogP contribution in [0, 0.1) is 0 Å². The first-order valence-corrected chi connectivity index (χ1v) is 9.30. The number of benzene rings is 2. The molecule has 0 bridgehead atoms. The third kappa shape index (κ3) is 3.43. The number of rotatable bonds is 3. The van der Waals surface area contributed by atoms with Crippen LogP contribution in [0.3, 0.4) is 0 Å². The Morgan fingerprint density at radius 2 is 2.00 bits per heavy atom. The number of nitrogens with zero attached hydrogens (tertiary/aromatic N) is 1. The monoisotopic (exact) mass is 379 g/mol. The second-order valence-corrected chi connectivity index (χ2v) is 6.96. The van der Waals surface area contributed by atoms with Crippen molar-refractivity contribution in [2.24, 2.45) is 0 Å². The van der Waals surface area contributed by atoms with Gasteiger partial charge in [-0.25, -0.2) is 0 Å². The average molecular weight is 379 g/mol. The van der Waals surface area contributed by atoms with Gasteiger partial charge in [-0.05, 0) is 43.5 Å². The van der Waals surface area contributed by atoms with E-state index in [1.807, 2.05) is 24.3 Å². The van der Waals surface area contributed by atoms with Crippen molar-refractivity contribution in [3.8, 4) is 5.75 Å². The fourth-order valence-corrected chi connectivity index (χ4v) is 3.58. The summed E-state index contributed by atoms with van der Waals surface area (Å²) in [5.74, 6) is -0.0496. The highest BCUT2D eigenvalue weighted by molar-refractivity contribution is 6.05. The molecule has 28 heavy (non-hydrogen) atoms. The lowest BCUT2D eigenvalue weighted by Crippen LogP contribution is -2.45. The zero-order valence-corrected chi connectivity index (χ0v) is 15.5. The third-order valence-corrected chi connectivity index (χ3v) is 5.01. The quantitative estimate of drug-likeness (QED) is 0.858. The normalized spacial score (nSPS) is 16.8. The number of carbonyl (C=O) groups is 3. The third-order valence-electron chi connectivity index (χ3n) is 5.01. The second kappa shape index (κ2) is 7.34. The van der Waals surface area contributed by atoms with Gasteiger partial charge >= 0.3 is 0 Å². The summed E-state index contributed by atoms with van der Waals surface area (Å²) in [6, 6.07) is 12.1. The fourth-order valence-electron chi connectivity index (χ4n) is 3.58. The van der Waals surface area contributed by atoms with Crippen molar-refractivity contribution in [1.29, 1.82) is 0 Å². The number of hydrogen-bond acceptors (Lipinski definition) is 4. The summed E-state index contributed by atoms with van der Waals surface area (Å²) in [5.41, 5.74) is 2.98. The summed E-state index contributed by atoms with van der Waals surface area (Å²) in [6.07, 6.45) is 2.01. The molecule has 0 saturated carbocycles. The van der Waals surface area contributed by atoms with E-state index < -0.39 is 6.04 Å². The molecule has 0 fully saturated rings. The van der Waals surface area contributed by atoms with Crippen molar-refractivity contribution < 1.29 is 19.1 Å². The number of nitrogens with one attached hydrogen (secondary N) is 2. The number of aryl methyl sites for hydroxylation is 1. The molecular weight excluding hydrogens is 358 g/mol. The minimum atomic E-state index is -0.664. The number of anilines is 3. The van der Waals surface area contributed by atoms with Crippen LogP contribution in [-0.2, 0) is 20.8 Å². The molecule has 2 aromatic rings. The molecule has 2 aromatic carbocycles. The molecule has 2 aliphatic heterocycles. The standard InChI is InChI=1S/C21H21N3O4/c1-13(24-17-7-3-2-5-14(17)6-4-8-20(24)26)21(27)22-15-9-10-16-18(11-15)28-12-19(25)23-16/h2-3,5,7,9-11,13H,4,6,8,12H2,1H3,(H,22,27)(H,23,25). The number of hydrogen-bond donors (Lipinski definition) is 2. The summed E-state index contributed by atoms with van der Waals surface area (Å²) in [4.78, 5) is 38.5. The zero-order valence-electron chi connectivity index (χ0n) is 15.5. The van der Waals surface area contributed by atoms with Crippen LogP contribution >= 0.6 is 0 Å². The van der Waals surface area contributed by atoms with E-state index >= 15 is 0 Å². The van der Waals surface area contributed by atoms with Crippen molar-refractivity contribution >= 4 is 34.8 Å². The molecule has 0 aromatic heterocycles. The van der Waals surface area contributed by atoms with E-state index in [2.05, 4.69) is 10.6 Å². The van der Waals surface area contributed by atoms with Gasteiger partial charge in [-0.15, -0.1) is 0 Å². The topological polar surface area (TPSA) is 87.7 Å². The maximum Gasteiger partial charge on any atom is 0.262 e. The van der Waals surface area contributed by atoms with Crippen LogP contribution in [-0.4, -0.2) is 30.4 Å². The van der Waals surface area contributed by atoms with Gasteiger partial charge in [0, 0.05) is 23.9 Å². The van der Waals surface area contributed by atoms with Crippen LogP contribution < -0.4 is 20.3 Å². The molecule has 2 heterocycles. The van der Waals surface area contributed by atoms with Gasteiger partial charge < -0.3 is 15.4 Å². The molecular formula is C21H21N3O4. The molecule has 4 rings (SSSR count). The largest absolute Gasteiger partial charge is 0.482 e. The molecule has 3 amide bonds. The molecule has 7 heteroatoms. The average Bonchev–Trinajstić information content (AvgIpc) is 2.85. The van der Waals surface area contributed by atoms with Gasteiger partial charge in [0.15, 0.2) is 6.61 Å². The predicted molar refractivity (Wildman–Crippen MR) is 106 cm³/mol. The summed E-state index contributed by atoms with van der Waals surface area (Å²) in [6.45, 7) is 1.67. The number of amides is 3. The van der Waals surface area contributed by atoms with E-state index in [0.717, 1.165) is 24.1 Å². The molecule has 144 valence electrons. The van der Waals surface area contributed by atoms with Gasteiger partial charge in [0.1, 0.15) is 11.8 Å². The Balaban J connectivity index is 1.55. The Bertz CT molecular complexity index is 956. The molecule has 0 spiro atoms. The van der Waals surface area contributed by atoms with E-state index in [0.29, 0.717) is 23.5 Å². The minimum Gasteiger partial charge on any atom is -0.482 e. The van der Waals surface area contributed by atoms with E-state index in [-0.39, 0.29) is 24.3 Å². The van der Waals surface area contributed by atoms with E-state index in [1.54, 1.807) is 30.0 Å². The Morgan fingerprint density at radius 3 is 2.86 bits per heavy atom. The molecule has 1 unspecified atom stereocenters. The van der Waals surface area contributed by atoms with Crippen molar-refractivity contribution in [1.82, 2.24) is 0 Å². The second-order valence-electron chi connectivity index (χ2n) is 6.96. The number of carbonyl (C=O) groups excluding carboxylic acids is 3. The van der Waals surface area contributed by atoms with Gasteiger partial charge in [-0.2, -0.15) is 0 Å². The lowest BCUT2D eigenvalue weighted by atomic mass is 10.1. The van der Waals surface area contributed by atoms with E-state index in [4.69, 9.17) is 4.74 Å². The molecule has 0 saturated heterocycles. The van der Waals surface area contributed by atoms with Gasteiger partial charge in [0.2, 0.25) is 11.8 Å². The van der Waals surface area contributed by atoms with E-state index in [1.165, 1.54) is 0 Å². The number of ether oxygens (including phenoxy) is 1. The van der Waals surface area contributed by atoms with Crippen LogP contribution in [0.1, 0.15) is 25.3 Å². The highest BCUT2D eigenvalue weighted by atomic mass is 16.5. The van der Waals surface area contributed by atoms with Crippen LogP contribution in [0.25, 0.3) is 0 Å². The first kappa shape index (κ1) is 18.0. The maximum atomic E-state index is 12.9.